The van der Waals surface area contributed by atoms with Crippen LogP contribution in [0.4, 0.5) is 0 Å². The van der Waals surface area contributed by atoms with Crippen LogP contribution in [0.1, 0.15) is 27.2 Å². The first-order valence-electron chi connectivity index (χ1n) is 5.06. The van der Waals surface area contributed by atoms with E-state index < -0.39 is 0 Å². The first kappa shape index (κ1) is 12.9. The third kappa shape index (κ3) is 6.99. The quantitative estimate of drug-likeness (QED) is 0.586. The van der Waals surface area contributed by atoms with Crippen LogP contribution in [0.2, 0.25) is 0 Å². The summed E-state index contributed by atoms with van der Waals surface area (Å²) in [6, 6.07) is 0.409. The molecule has 3 heteroatoms. The van der Waals surface area contributed by atoms with Gasteiger partial charge in [0.15, 0.2) is 0 Å². The van der Waals surface area contributed by atoms with Crippen molar-refractivity contribution in [1.29, 1.82) is 0 Å². The zero-order valence-electron chi connectivity index (χ0n) is 9.30. The second-order valence-corrected chi connectivity index (χ2v) is 3.23. The first-order valence-corrected chi connectivity index (χ1v) is 5.06. The van der Waals surface area contributed by atoms with E-state index in [1.165, 1.54) is 0 Å². The van der Waals surface area contributed by atoms with Crippen LogP contribution < -0.4 is 5.32 Å². The Morgan fingerprint density at radius 2 is 2.00 bits per heavy atom. The van der Waals surface area contributed by atoms with Crippen LogP contribution in [0.3, 0.4) is 0 Å². The highest BCUT2D eigenvalue weighted by atomic mass is 16.5. The molecule has 0 spiro atoms. The summed E-state index contributed by atoms with van der Waals surface area (Å²) < 4.78 is 10.4. The van der Waals surface area contributed by atoms with Crippen molar-refractivity contribution in [3.05, 3.63) is 0 Å². The lowest BCUT2D eigenvalue weighted by Gasteiger charge is -2.19. The minimum atomic E-state index is 0.270. The van der Waals surface area contributed by atoms with E-state index >= 15 is 0 Å². The van der Waals surface area contributed by atoms with Gasteiger partial charge in [0.1, 0.15) is 0 Å². The van der Waals surface area contributed by atoms with Crippen LogP contribution >= 0.6 is 0 Å². The van der Waals surface area contributed by atoms with Gasteiger partial charge in [-0.05, 0) is 33.7 Å². The number of hydrogen-bond donors (Lipinski definition) is 1. The molecule has 0 saturated carbocycles. The second kappa shape index (κ2) is 8.48. The average molecular weight is 189 g/mol. The van der Waals surface area contributed by atoms with Gasteiger partial charge in [0.05, 0.1) is 6.10 Å². The Labute approximate surface area is 81.8 Å². The van der Waals surface area contributed by atoms with Crippen molar-refractivity contribution in [3.8, 4) is 0 Å². The van der Waals surface area contributed by atoms with Crippen LogP contribution in [0.25, 0.3) is 0 Å². The molecule has 0 aromatic rings. The standard InChI is InChI=1S/C10H23NO2/c1-5-13-8-6-7-11-9(2)10(3)12-4/h9-11H,5-8H2,1-4H3. The van der Waals surface area contributed by atoms with Crippen molar-refractivity contribution in [2.45, 2.75) is 39.3 Å². The van der Waals surface area contributed by atoms with Gasteiger partial charge >= 0.3 is 0 Å². The molecule has 0 aliphatic rings. The lowest BCUT2D eigenvalue weighted by Crippen LogP contribution is -2.37. The third-order valence-electron chi connectivity index (χ3n) is 2.21. The van der Waals surface area contributed by atoms with Gasteiger partial charge in [-0.2, -0.15) is 0 Å². The van der Waals surface area contributed by atoms with E-state index in [1.54, 1.807) is 7.11 Å². The summed E-state index contributed by atoms with van der Waals surface area (Å²) in [5.41, 5.74) is 0. The molecule has 1 N–H and O–H groups in total. The zero-order valence-corrected chi connectivity index (χ0v) is 9.30. The molecule has 0 aromatic heterocycles. The molecule has 0 aromatic carbocycles. The van der Waals surface area contributed by atoms with E-state index in [1.807, 2.05) is 6.92 Å². The summed E-state index contributed by atoms with van der Waals surface area (Å²) in [6.45, 7) is 8.87. The van der Waals surface area contributed by atoms with Gasteiger partial charge in [-0.3, -0.25) is 0 Å². The fourth-order valence-electron chi connectivity index (χ4n) is 1.02. The number of methoxy groups -OCH3 is 1. The Morgan fingerprint density at radius 1 is 1.31 bits per heavy atom. The number of hydrogen-bond acceptors (Lipinski definition) is 3. The molecule has 2 unspecified atom stereocenters. The molecule has 3 nitrogen and oxygen atoms in total. The minimum Gasteiger partial charge on any atom is -0.382 e. The van der Waals surface area contributed by atoms with Crippen LogP contribution in [-0.2, 0) is 9.47 Å². The van der Waals surface area contributed by atoms with Gasteiger partial charge in [0.2, 0.25) is 0 Å². The molecular weight excluding hydrogens is 166 g/mol. The summed E-state index contributed by atoms with van der Waals surface area (Å²) in [6.07, 6.45) is 1.33. The first-order chi connectivity index (χ1) is 6.22. The fourth-order valence-corrected chi connectivity index (χ4v) is 1.02. The van der Waals surface area contributed by atoms with Crippen molar-refractivity contribution in [2.75, 3.05) is 26.9 Å². The topological polar surface area (TPSA) is 30.5 Å². The van der Waals surface area contributed by atoms with Gasteiger partial charge in [-0.25, -0.2) is 0 Å². The van der Waals surface area contributed by atoms with Crippen LogP contribution in [0.15, 0.2) is 0 Å². The van der Waals surface area contributed by atoms with Gasteiger partial charge in [0, 0.05) is 26.4 Å². The van der Waals surface area contributed by atoms with E-state index in [0.29, 0.717) is 6.04 Å². The molecule has 0 heterocycles. The maximum absolute atomic E-state index is 5.23. The van der Waals surface area contributed by atoms with Crippen LogP contribution in [0.5, 0.6) is 0 Å². The monoisotopic (exact) mass is 189 g/mol. The van der Waals surface area contributed by atoms with E-state index in [9.17, 15) is 0 Å². The number of nitrogens with one attached hydrogen (secondary N) is 1. The van der Waals surface area contributed by atoms with Crippen molar-refractivity contribution in [2.24, 2.45) is 0 Å². The molecule has 2 atom stereocenters. The molecule has 0 amide bonds. The molecule has 80 valence electrons. The zero-order chi connectivity index (χ0) is 10.1. The predicted molar refractivity (Wildman–Crippen MR) is 55.0 cm³/mol. The SMILES string of the molecule is CCOCCCNC(C)C(C)OC. The van der Waals surface area contributed by atoms with Crippen molar-refractivity contribution in [3.63, 3.8) is 0 Å². The predicted octanol–water partition coefficient (Wildman–Crippen LogP) is 1.43. The Kier molecular flexibility index (Phi) is 8.40. The number of ether oxygens (including phenoxy) is 2. The van der Waals surface area contributed by atoms with Gasteiger partial charge in [0.25, 0.3) is 0 Å². The lowest BCUT2D eigenvalue weighted by atomic mass is 10.2. The molecule has 0 bridgehead atoms. The average Bonchev–Trinajstić information content (AvgIpc) is 2.16. The summed E-state index contributed by atoms with van der Waals surface area (Å²) in [4.78, 5) is 0. The van der Waals surface area contributed by atoms with Gasteiger partial charge in [-0.15, -0.1) is 0 Å². The Morgan fingerprint density at radius 3 is 2.54 bits per heavy atom. The highest BCUT2D eigenvalue weighted by molar-refractivity contribution is 4.67. The molecular formula is C10H23NO2. The smallest absolute Gasteiger partial charge is 0.0693 e. The molecule has 0 radical (unpaired) electrons. The van der Waals surface area contributed by atoms with Crippen LogP contribution in [0, 0.1) is 0 Å². The fraction of sp³-hybridized carbons (Fsp3) is 1.00. The second-order valence-electron chi connectivity index (χ2n) is 3.23. The molecule has 0 rings (SSSR count). The Hall–Kier alpha value is -0.120. The van der Waals surface area contributed by atoms with Crippen molar-refractivity contribution >= 4 is 0 Å². The molecule has 0 saturated heterocycles. The van der Waals surface area contributed by atoms with Gasteiger partial charge < -0.3 is 14.8 Å². The highest BCUT2D eigenvalue weighted by Crippen LogP contribution is 1.95. The van der Waals surface area contributed by atoms with E-state index in [2.05, 4.69) is 19.2 Å². The largest absolute Gasteiger partial charge is 0.382 e. The Bertz CT molecular complexity index is 109. The maximum atomic E-state index is 5.23. The van der Waals surface area contributed by atoms with Crippen molar-refractivity contribution in [1.82, 2.24) is 5.32 Å². The molecule has 13 heavy (non-hydrogen) atoms. The van der Waals surface area contributed by atoms with E-state index in [4.69, 9.17) is 9.47 Å². The Balaban J connectivity index is 3.21. The number of rotatable bonds is 8. The molecule has 0 aliphatic carbocycles. The van der Waals surface area contributed by atoms with Crippen LogP contribution in [-0.4, -0.2) is 39.0 Å². The summed E-state index contributed by atoms with van der Waals surface area (Å²) in [7, 11) is 1.74. The summed E-state index contributed by atoms with van der Waals surface area (Å²) in [5, 5.41) is 3.39. The maximum Gasteiger partial charge on any atom is 0.0693 e. The molecule has 0 fully saturated rings. The highest BCUT2D eigenvalue weighted by Gasteiger charge is 2.08. The summed E-state index contributed by atoms with van der Waals surface area (Å²) in [5.74, 6) is 0. The van der Waals surface area contributed by atoms with Crippen molar-refractivity contribution < 1.29 is 9.47 Å². The normalized spacial score (nSPS) is 15.7. The van der Waals surface area contributed by atoms with E-state index in [0.717, 1.165) is 26.2 Å². The van der Waals surface area contributed by atoms with E-state index in [-0.39, 0.29) is 6.10 Å². The minimum absolute atomic E-state index is 0.270. The molecule has 0 aliphatic heterocycles. The lowest BCUT2D eigenvalue weighted by molar-refractivity contribution is 0.0865. The summed E-state index contributed by atoms with van der Waals surface area (Å²) >= 11 is 0. The van der Waals surface area contributed by atoms with Gasteiger partial charge in [-0.1, -0.05) is 0 Å². The third-order valence-corrected chi connectivity index (χ3v) is 2.21.